The summed E-state index contributed by atoms with van der Waals surface area (Å²) >= 11 is 0. The van der Waals surface area contributed by atoms with Crippen molar-refractivity contribution in [3.8, 4) is 0 Å². The maximum absolute atomic E-state index is 10.7. The molecule has 86 valence electrons. The van der Waals surface area contributed by atoms with Crippen LogP contribution in [0.25, 0.3) is 0 Å². The van der Waals surface area contributed by atoms with Crippen molar-refractivity contribution in [2.75, 3.05) is 18.9 Å². The minimum atomic E-state index is -1.10. The van der Waals surface area contributed by atoms with E-state index >= 15 is 0 Å². The summed E-state index contributed by atoms with van der Waals surface area (Å²) in [6, 6.07) is 0. The van der Waals surface area contributed by atoms with Crippen LogP contribution in [0.1, 0.15) is 22.6 Å². The predicted molar refractivity (Wildman–Crippen MR) is 56.0 cm³/mol. The summed E-state index contributed by atoms with van der Waals surface area (Å²) in [4.78, 5) is 18.7. The Bertz CT molecular complexity index is 402. The second-order valence-electron chi connectivity index (χ2n) is 3.82. The van der Waals surface area contributed by atoms with Crippen LogP contribution >= 0.6 is 0 Å². The number of hydrogen-bond donors (Lipinski definition) is 2. The minimum Gasteiger partial charge on any atom is -0.477 e. The number of carboxylic acids is 1. The van der Waals surface area contributed by atoms with E-state index in [1.54, 1.807) is 0 Å². The van der Waals surface area contributed by atoms with Crippen molar-refractivity contribution in [1.29, 1.82) is 0 Å². The molecule has 0 aromatic carbocycles. The van der Waals surface area contributed by atoms with E-state index in [9.17, 15) is 4.79 Å². The highest BCUT2D eigenvalue weighted by atomic mass is 16.5. The van der Waals surface area contributed by atoms with Gasteiger partial charge in [-0.15, -0.1) is 0 Å². The first kappa shape index (κ1) is 10.8. The van der Waals surface area contributed by atoms with Crippen molar-refractivity contribution < 1.29 is 14.6 Å². The van der Waals surface area contributed by atoms with Gasteiger partial charge in [0.1, 0.15) is 17.2 Å². The molecule has 1 aromatic heterocycles. The summed E-state index contributed by atoms with van der Waals surface area (Å²) in [6.45, 7) is 1.48. The summed E-state index contributed by atoms with van der Waals surface area (Å²) < 4.78 is 5.24. The van der Waals surface area contributed by atoms with Crippen LogP contribution in [-0.2, 0) is 11.2 Å². The largest absolute Gasteiger partial charge is 0.477 e. The molecule has 1 unspecified atom stereocenters. The molecule has 1 aliphatic rings. The van der Waals surface area contributed by atoms with Crippen LogP contribution in [0.5, 0.6) is 0 Å². The van der Waals surface area contributed by atoms with Crippen molar-refractivity contribution in [3.05, 3.63) is 17.6 Å². The van der Waals surface area contributed by atoms with Gasteiger partial charge in [0.05, 0.1) is 0 Å². The quantitative estimate of drug-likeness (QED) is 0.766. The van der Waals surface area contributed by atoms with E-state index in [-0.39, 0.29) is 11.4 Å². The summed E-state index contributed by atoms with van der Waals surface area (Å²) in [6.07, 6.45) is 2.93. The molecular formula is C10H13N3O3. The predicted octanol–water partition coefficient (Wildman–Crippen LogP) is 0.336. The lowest BCUT2D eigenvalue weighted by Crippen LogP contribution is -2.11. The highest BCUT2D eigenvalue weighted by Gasteiger charge is 2.18. The molecule has 1 atom stereocenters. The third-order valence-electron chi connectivity index (χ3n) is 2.59. The van der Waals surface area contributed by atoms with Crippen LogP contribution in [-0.4, -0.2) is 34.3 Å². The summed E-state index contributed by atoms with van der Waals surface area (Å²) in [7, 11) is 0. The standard InChI is InChI=1S/C10H13N3O3/c11-9-7(10(14)15)4-12-8(13-9)3-6-1-2-16-5-6/h4,6H,1-3,5H2,(H,14,15)(H2,11,12,13). The molecule has 1 aliphatic heterocycles. The second kappa shape index (κ2) is 4.44. The van der Waals surface area contributed by atoms with Gasteiger partial charge in [0.15, 0.2) is 0 Å². The smallest absolute Gasteiger partial charge is 0.341 e. The maximum atomic E-state index is 10.7. The molecular weight excluding hydrogens is 210 g/mol. The fraction of sp³-hybridized carbons (Fsp3) is 0.500. The topological polar surface area (TPSA) is 98.3 Å². The Kier molecular flexibility index (Phi) is 3.00. The fourth-order valence-corrected chi connectivity index (χ4v) is 1.70. The number of nitrogen functional groups attached to an aromatic ring is 1. The number of hydrogen-bond acceptors (Lipinski definition) is 5. The Labute approximate surface area is 92.5 Å². The van der Waals surface area contributed by atoms with Crippen LogP contribution in [0.15, 0.2) is 6.20 Å². The lowest BCUT2D eigenvalue weighted by molar-refractivity contribution is 0.0697. The van der Waals surface area contributed by atoms with Gasteiger partial charge in [-0.1, -0.05) is 0 Å². The lowest BCUT2D eigenvalue weighted by Gasteiger charge is -2.07. The Morgan fingerprint density at radius 2 is 2.50 bits per heavy atom. The molecule has 0 bridgehead atoms. The zero-order valence-corrected chi connectivity index (χ0v) is 8.72. The number of anilines is 1. The maximum Gasteiger partial charge on any atom is 0.341 e. The first-order valence-corrected chi connectivity index (χ1v) is 5.09. The molecule has 6 nitrogen and oxygen atoms in total. The number of nitrogens with zero attached hydrogens (tertiary/aromatic N) is 2. The van der Waals surface area contributed by atoms with E-state index in [2.05, 4.69) is 9.97 Å². The molecule has 1 saturated heterocycles. The van der Waals surface area contributed by atoms with Gasteiger partial charge in [-0.2, -0.15) is 0 Å². The van der Waals surface area contributed by atoms with Crippen molar-refractivity contribution in [2.24, 2.45) is 5.92 Å². The summed E-state index contributed by atoms with van der Waals surface area (Å²) in [5, 5.41) is 8.76. The average Bonchev–Trinajstić information content (AvgIpc) is 2.70. The number of aromatic carboxylic acids is 1. The average molecular weight is 223 g/mol. The highest BCUT2D eigenvalue weighted by Crippen LogP contribution is 2.17. The van der Waals surface area contributed by atoms with Gasteiger partial charge in [-0.05, 0) is 12.3 Å². The first-order chi connectivity index (χ1) is 7.66. The van der Waals surface area contributed by atoms with E-state index < -0.39 is 5.97 Å². The van der Waals surface area contributed by atoms with E-state index in [1.807, 2.05) is 0 Å². The van der Waals surface area contributed by atoms with Gasteiger partial charge < -0.3 is 15.6 Å². The third kappa shape index (κ3) is 2.27. The first-order valence-electron chi connectivity index (χ1n) is 5.09. The van der Waals surface area contributed by atoms with Gasteiger partial charge in [-0.25, -0.2) is 14.8 Å². The normalized spacial score (nSPS) is 19.9. The van der Waals surface area contributed by atoms with Crippen LogP contribution in [0.3, 0.4) is 0 Å². The van der Waals surface area contributed by atoms with Crippen LogP contribution in [0.2, 0.25) is 0 Å². The van der Waals surface area contributed by atoms with E-state index in [1.165, 1.54) is 6.20 Å². The van der Waals surface area contributed by atoms with Crippen molar-refractivity contribution >= 4 is 11.8 Å². The van der Waals surface area contributed by atoms with Crippen molar-refractivity contribution in [1.82, 2.24) is 9.97 Å². The summed E-state index contributed by atoms with van der Waals surface area (Å²) in [5.74, 6) is -0.0854. The highest BCUT2D eigenvalue weighted by molar-refractivity contribution is 5.92. The molecule has 6 heteroatoms. The number of aromatic nitrogens is 2. The molecule has 0 spiro atoms. The molecule has 1 fully saturated rings. The Hall–Kier alpha value is -1.69. The van der Waals surface area contributed by atoms with Crippen molar-refractivity contribution in [2.45, 2.75) is 12.8 Å². The lowest BCUT2D eigenvalue weighted by atomic mass is 10.0. The van der Waals surface area contributed by atoms with Crippen molar-refractivity contribution in [3.63, 3.8) is 0 Å². The molecule has 2 rings (SSSR count). The van der Waals surface area contributed by atoms with Gasteiger partial charge in [0.2, 0.25) is 0 Å². The monoisotopic (exact) mass is 223 g/mol. The van der Waals surface area contributed by atoms with Gasteiger partial charge in [-0.3, -0.25) is 0 Å². The Balaban J connectivity index is 2.11. The van der Waals surface area contributed by atoms with E-state index in [4.69, 9.17) is 15.6 Å². The Morgan fingerprint density at radius 1 is 1.69 bits per heavy atom. The zero-order valence-electron chi connectivity index (χ0n) is 8.72. The number of ether oxygens (including phenoxy) is 1. The van der Waals surface area contributed by atoms with Gasteiger partial charge >= 0.3 is 5.97 Å². The fourth-order valence-electron chi connectivity index (χ4n) is 1.70. The number of rotatable bonds is 3. The Morgan fingerprint density at radius 3 is 3.06 bits per heavy atom. The molecule has 0 saturated carbocycles. The molecule has 2 heterocycles. The number of carboxylic acid groups (broad SMARTS) is 1. The van der Waals surface area contributed by atoms with Gasteiger partial charge in [0.25, 0.3) is 0 Å². The number of nitrogens with two attached hydrogens (primary N) is 1. The van der Waals surface area contributed by atoms with E-state index in [0.717, 1.165) is 13.0 Å². The molecule has 0 aliphatic carbocycles. The molecule has 16 heavy (non-hydrogen) atoms. The molecule has 1 aromatic rings. The molecule has 3 N–H and O–H groups in total. The van der Waals surface area contributed by atoms with Gasteiger partial charge in [0, 0.05) is 25.8 Å². The summed E-state index contributed by atoms with van der Waals surface area (Å²) in [5.41, 5.74) is 5.48. The van der Waals surface area contributed by atoms with Crippen LogP contribution < -0.4 is 5.73 Å². The molecule has 0 amide bonds. The zero-order chi connectivity index (χ0) is 11.5. The SMILES string of the molecule is Nc1nc(CC2CCOC2)ncc1C(=O)O. The second-order valence-corrected chi connectivity index (χ2v) is 3.82. The number of carbonyl (C=O) groups is 1. The van der Waals surface area contributed by atoms with E-state index in [0.29, 0.717) is 24.8 Å². The minimum absolute atomic E-state index is 0.0245. The van der Waals surface area contributed by atoms with Crippen LogP contribution in [0.4, 0.5) is 5.82 Å². The molecule has 0 radical (unpaired) electrons. The van der Waals surface area contributed by atoms with Crippen LogP contribution in [0, 0.1) is 5.92 Å². The third-order valence-corrected chi connectivity index (χ3v) is 2.59.